The molecule has 0 amide bonds. The van der Waals surface area contributed by atoms with Crippen molar-refractivity contribution in [3.05, 3.63) is 40.4 Å². The minimum absolute atomic E-state index is 0.0698. The third-order valence-corrected chi connectivity index (χ3v) is 3.46. The zero-order valence-electron chi connectivity index (χ0n) is 10.8. The van der Waals surface area contributed by atoms with Gasteiger partial charge in [-0.2, -0.15) is 5.10 Å². The van der Waals surface area contributed by atoms with Crippen molar-refractivity contribution in [1.29, 1.82) is 0 Å². The van der Waals surface area contributed by atoms with E-state index in [9.17, 15) is 0 Å². The van der Waals surface area contributed by atoms with E-state index >= 15 is 0 Å². The maximum Gasteiger partial charge on any atom is 0.186 e. The van der Waals surface area contributed by atoms with Gasteiger partial charge in [0.25, 0.3) is 0 Å². The van der Waals surface area contributed by atoms with E-state index in [-0.39, 0.29) is 5.84 Å². The zero-order chi connectivity index (χ0) is 14.0. The fraction of sp³-hybridized carbons (Fsp3) is 0.333. The van der Waals surface area contributed by atoms with Crippen LogP contribution in [0.1, 0.15) is 24.0 Å². The Hall–Kier alpha value is -1.95. The highest BCUT2D eigenvalue weighted by atomic mass is 35.5. The van der Waals surface area contributed by atoms with Crippen LogP contribution in [0.3, 0.4) is 0 Å². The predicted octanol–water partition coefficient (Wildman–Crippen LogP) is 1.81. The predicted molar refractivity (Wildman–Crippen MR) is 73.7 cm³/mol. The average molecular weight is 282 g/mol. The molecule has 6 nitrogen and oxygen atoms in total. The molecule has 0 unspecified atom stereocenters. The largest absolute Gasteiger partial charge is 0.409 e. The van der Waals surface area contributed by atoms with Crippen molar-refractivity contribution in [1.82, 2.24) is 14.3 Å². The monoisotopic (exact) mass is 281 g/mol. The Balaban J connectivity index is 2.40. The van der Waals surface area contributed by atoms with Gasteiger partial charge >= 0.3 is 0 Å². The van der Waals surface area contributed by atoms with Gasteiger partial charge in [0.1, 0.15) is 0 Å². The van der Waals surface area contributed by atoms with Crippen LogP contribution in [0.4, 0.5) is 0 Å². The summed E-state index contributed by atoms with van der Waals surface area (Å²) in [6, 6.07) is 3.61. The quantitative estimate of drug-likeness (QED) is 0.388. The van der Waals surface area contributed by atoms with Gasteiger partial charge in [-0.05, 0) is 26.0 Å². The van der Waals surface area contributed by atoms with Crippen LogP contribution in [0, 0.1) is 6.92 Å². The van der Waals surface area contributed by atoms with Gasteiger partial charge in [0, 0.05) is 12.7 Å². The normalized spacial score (nSPS) is 12.1. The molecule has 2 heterocycles. The van der Waals surface area contributed by atoms with Crippen molar-refractivity contribution in [2.45, 2.75) is 26.9 Å². The van der Waals surface area contributed by atoms with Gasteiger partial charge in [0.2, 0.25) is 0 Å². The lowest BCUT2D eigenvalue weighted by atomic mass is 10.3. The highest BCUT2D eigenvalue weighted by Gasteiger charge is 2.15. The van der Waals surface area contributed by atoms with Crippen molar-refractivity contribution in [3.63, 3.8) is 0 Å². The summed E-state index contributed by atoms with van der Waals surface area (Å²) < 4.78 is 3.72. The number of aromatic nitrogens is 3. The van der Waals surface area contributed by atoms with Gasteiger partial charge in [-0.15, -0.1) is 0 Å². The van der Waals surface area contributed by atoms with Crippen LogP contribution >= 0.6 is 11.6 Å². The first-order valence-corrected chi connectivity index (χ1v) is 6.31. The van der Waals surface area contributed by atoms with Crippen LogP contribution in [-0.4, -0.2) is 25.4 Å². The standard InChI is InChI=1S/C12H16ClN5O/c1-3-18-10(11(13)8(2)15-18)7-17-6-4-5-9(17)12(14)16-19/h4-6,19H,3,7H2,1-2H3,(H2,14,16). The number of aryl methyl sites for hydroxylation is 2. The molecule has 0 saturated heterocycles. The molecule has 3 N–H and O–H groups in total. The number of hydrogen-bond donors (Lipinski definition) is 2. The Labute approximate surface area is 116 Å². The molecule has 2 aromatic rings. The van der Waals surface area contributed by atoms with Gasteiger partial charge in [0.15, 0.2) is 5.84 Å². The summed E-state index contributed by atoms with van der Waals surface area (Å²) in [5.41, 5.74) is 7.98. The number of rotatable bonds is 4. The number of halogens is 1. The molecule has 0 saturated carbocycles. The molecule has 0 fully saturated rings. The van der Waals surface area contributed by atoms with Crippen LogP contribution < -0.4 is 5.73 Å². The fourth-order valence-electron chi connectivity index (χ4n) is 2.02. The fourth-order valence-corrected chi connectivity index (χ4v) is 2.21. The minimum Gasteiger partial charge on any atom is -0.409 e. The lowest BCUT2D eigenvalue weighted by Gasteiger charge is -2.10. The Morgan fingerprint density at radius 3 is 2.95 bits per heavy atom. The highest BCUT2D eigenvalue weighted by molar-refractivity contribution is 6.31. The molecule has 2 rings (SSSR count). The summed E-state index contributed by atoms with van der Waals surface area (Å²) >= 11 is 6.27. The SMILES string of the molecule is CCn1nc(C)c(Cl)c1Cn1cccc1/C(N)=N/O. The van der Waals surface area contributed by atoms with Crippen LogP contribution in [0.2, 0.25) is 5.02 Å². The molecule has 0 spiro atoms. The Kier molecular flexibility index (Phi) is 3.80. The van der Waals surface area contributed by atoms with E-state index in [0.29, 0.717) is 17.3 Å². The molecule has 0 radical (unpaired) electrons. The summed E-state index contributed by atoms with van der Waals surface area (Å²) in [6.07, 6.45) is 1.85. The van der Waals surface area contributed by atoms with Crippen LogP contribution in [0.15, 0.2) is 23.5 Å². The first-order valence-electron chi connectivity index (χ1n) is 5.93. The Morgan fingerprint density at radius 1 is 1.58 bits per heavy atom. The summed E-state index contributed by atoms with van der Waals surface area (Å²) in [4.78, 5) is 0. The van der Waals surface area contributed by atoms with Gasteiger partial charge in [-0.25, -0.2) is 0 Å². The summed E-state index contributed by atoms with van der Waals surface area (Å²) in [6.45, 7) is 5.14. The second-order valence-corrected chi connectivity index (χ2v) is 4.55. The van der Waals surface area contributed by atoms with Crippen molar-refractivity contribution < 1.29 is 5.21 Å². The van der Waals surface area contributed by atoms with E-state index in [2.05, 4.69) is 10.3 Å². The third kappa shape index (κ3) is 2.44. The lowest BCUT2D eigenvalue weighted by Crippen LogP contribution is -2.19. The second kappa shape index (κ2) is 5.36. The summed E-state index contributed by atoms with van der Waals surface area (Å²) in [5, 5.41) is 16.8. The number of nitrogens with zero attached hydrogens (tertiary/aromatic N) is 4. The molecule has 2 aromatic heterocycles. The molecule has 102 valence electrons. The highest BCUT2D eigenvalue weighted by Crippen LogP contribution is 2.21. The van der Waals surface area contributed by atoms with Crippen molar-refractivity contribution in [3.8, 4) is 0 Å². The first kappa shape index (κ1) is 13.5. The van der Waals surface area contributed by atoms with Crippen molar-refractivity contribution in [2.75, 3.05) is 0 Å². The van der Waals surface area contributed by atoms with E-state index in [1.165, 1.54) is 0 Å². The molecule has 7 heteroatoms. The van der Waals surface area contributed by atoms with E-state index in [0.717, 1.165) is 17.9 Å². The zero-order valence-corrected chi connectivity index (χ0v) is 11.6. The van der Waals surface area contributed by atoms with E-state index in [1.54, 1.807) is 6.07 Å². The van der Waals surface area contributed by atoms with Crippen LogP contribution in [0.25, 0.3) is 0 Å². The average Bonchev–Trinajstić information content (AvgIpc) is 2.98. The summed E-state index contributed by atoms with van der Waals surface area (Å²) in [7, 11) is 0. The molecular weight excluding hydrogens is 266 g/mol. The van der Waals surface area contributed by atoms with Crippen molar-refractivity contribution >= 4 is 17.4 Å². The maximum atomic E-state index is 8.76. The van der Waals surface area contributed by atoms with E-state index < -0.39 is 0 Å². The molecule has 0 aliphatic carbocycles. The Morgan fingerprint density at radius 2 is 2.32 bits per heavy atom. The second-order valence-electron chi connectivity index (χ2n) is 4.17. The van der Waals surface area contributed by atoms with E-state index in [4.69, 9.17) is 22.5 Å². The van der Waals surface area contributed by atoms with Gasteiger partial charge in [-0.3, -0.25) is 4.68 Å². The molecule has 0 aliphatic heterocycles. The number of amidine groups is 1. The molecule has 0 atom stereocenters. The first-order chi connectivity index (χ1) is 9.08. The smallest absolute Gasteiger partial charge is 0.186 e. The minimum atomic E-state index is 0.0698. The molecule has 0 aliphatic rings. The number of nitrogens with two attached hydrogens (primary N) is 1. The van der Waals surface area contributed by atoms with Gasteiger partial charge in [-0.1, -0.05) is 16.8 Å². The van der Waals surface area contributed by atoms with Crippen LogP contribution in [0.5, 0.6) is 0 Å². The molecule has 0 aromatic carbocycles. The molecule has 19 heavy (non-hydrogen) atoms. The maximum absolute atomic E-state index is 8.76. The van der Waals surface area contributed by atoms with Gasteiger partial charge in [0.05, 0.1) is 28.6 Å². The number of oxime groups is 1. The lowest BCUT2D eigenvalue weighted by molar-refractivity contribution is 0.318. The summed E-state index contributed by atoms with van der Waals surface area (Å²) in [5.74, 6) is 0.0698. The van der Waals surface area contributed by atoms with Crippen molar-refractivity contribution in [2.24, 2.45) is 10.9 Å². The molecular formula is C12H16ClN5O. The van der Waals surface area contributed by atoms with Gasteiger partial charge < -0.3 is 15.5 Å². The van der Waals surface area contributed by atoms with E-state index in [1.807, 2.05) is 35.4 Å². The third-order valence-electron chi connectivity index (χ3n) is 2.97. The molecule has 0 bridgehead atoms. The van der Waals surface area contributed by atoms with Crippen LogP contribution in [-0.2, 0) is 13.1 Å². The topological polar surface area (TPSA) is 81.4 Å². The Bertz CT molecular complexity index is 614. The number of hydrogen-bond acceptors (Lipinski definition) is 3.